The van der Waals surface area contributed by atoms with Crippen LogP contribution in [0, 0.1) is 0 Å². The topological polar surface area (TPSA) is 9.23 Å². The molecule has 0 aliphatic carbocycles. The second kappa shape index (κ2) is 4.46. The highest BCUT2D eigenvalue weighted by Gasteiger charge is 2.33. The molecule has 7 heteroatoms. The SMILES string of the molecule is COc1cc(CC(F)(F)F)cc(C(F)(F)F)c1. The molecule has 0 fully saturated rings. The Morgan fingerprint density at radius 2 is 1.59 bits per heavy atom. The number of rotatable bonds is 2. The Balaban J connectivity index is 3.15. The molecular formula is C10H8F6O. The van der Waals surface area contributed by atoms with Gasteiger partial charge in [0.25, 0.3) is 0 Å². The van der Waals surface area contributed by atoms with Gasteiger partial charge in [0, 0.05) is 0 Å². The number of hydrogen-bond acceptors (Lipinski definition) is 1. The summed E-state index contributed by atoms with van der Waals surface area (Å²) in [5.41, 5.74) is -1.64. The predicted molar refractivity (Wildman–Crippen MR) is 47.8 cm³/mol. The maximum Gasteiger partial charge on any atom is 0.416 e. The molecule has 0 unspecified atom stereocenters. The summed E-state index contributed by atoms with van der Waals surface area (Å²) in [5, 5.41) is 0. The van der Waals surface area contributed by atoms with Crippen LogP contribution in [0.15, 0.2) is 18.2 Å². The van der Waals surface area contributed by atoms with Crippen molar-refractivity contribution in [2.24, 2.45) is 0 Å². The molecular weight excluding hydrogens is 250 g/mol. The first kappa shape index (κ1) is 13.7. The lowest BCUT2D eigenvalue weighted by Gasteiger charge is -2.12. The highest BCUT2D eigenvalue weighted by Crippen LogP contribution is 2.34. The Morgan fingerprint density at radius 1 is 1.00 bits per heavy atom. The summed E-state index contributed by atoms with van der Waals surface area (Å²) in [4.78, 5) is 0. The molecule has 1 rings (SSSR count). The number of hydrogen-bond donors (Lipinski definition) is 0. The molecule has 0 atom stereocenters. The van der Waals surface area contributed by atoms with Crippen LogP contribution >= 0.6 is 0 Å². The highest BCUT2D eigenvalue weighted by atomic mass is 19.4. The largest absolute Gasteiger partial charge is 0.497 e. The van der Waals surface area contributed by atoms with Crippen molar-refractivity contribution in [3.8, 4) is 5.75 Å². The minimum Gasteiger partial charge on any atom is -0.497 e. The van der Waals surface area contributed by atoms with Gasteiger partial charge in [0.2, 0.25) is 0 Å². The summed E-state index contributed by atoms with van der Waals surface area (Å²) >= 11 is 0. The van der Waals surface area contributed by atoms with Gasteiger partial charge in [-0.25, -0.2) is 0 Å². The molecule has 0 saturated heterocycles. The zero-order valence-corrected chi connectivity index (χ0v) is 8.62. The normalized spacial score (nSPS) is 12.6. The monoisotopic (exact) mass is 258 g/mol. The van der Waals surface area contributed by atoms with Gasteiger partial charge in [0.05, 0.1) is 19.1 Å². The number of benzene rings is 1. The van der Waals surface area contributed by atoms with E-state index in [2.05, 4.69) is 4.74 Å². The summed E-state index contributed by atoms with van der Waals surface area (Å²) in [6, 6.07) is 2.05. The van der Waals surface area contributed by atoms with E-state index < -0.39 is 29.9 Å². The van der Waals surface area contributed by atoms with Crippen LogP contribution in [0.25, 0.3) is 0 Å². The maximum absolute atomic E-state index is 12.4. The van der Waals surface area contributed by atoms with Crippen LogP contribution in [0.5, 0.6) is 5.75 Å². The van der Waals surface area contributed by atoms with Gasteiger partial charge in [-0.3, -0.25) is 0 Å². The van der Waals surface area contributed by atoms with Crippen LogP contribution in [-0.4, -0.2) is 13.3 Å². The smallest absolute Gasteiger partial charge is 0.416 e. The van der Waals surface area contributed by atoms with Gasteiger partial charge in [0.1, 0.15) is 5.75 Å². The standard InChI is InChI=1S/C10H8F6O/c1-17-8-3-6(5-9(11,12)13)2-7(4-8)10(14,15)16/h2-4H,5H2,1H3. The average Bonchev–Trinajstić information content (AvgIpc) is 2.13. The van der Waals surface area contributed by atoms with Crippen molar-refractivity contribution in [1.82, 2.24) is 0 Å². The van der Waals surface area contributed by atoms with Gasteiger partial charge in [-0.2, -0.15) is 26.3 Å². The van der Waals surface area contributed by atoms with E-state index in [0.29, 0.717) is 12.1 Å². The first-order valence-corrected chi connectivity index (χ1v) is 4.44. The third-order valence-electron chi connectivity index (χ3n) is 1.93. The predicted octanol–water partition coefficient (Wildman–Crippen LogP) is 3.82. The second-order valence-corrected chi connectivity index (χ2v) is 3.36. The summed E-state index contributed by atoms with van der Waals surface area (Å²) in [6.45, 7) is 0. The van der Waals surface area contributed by atoms with E-state index in [9.17, 15) is 26.3 Å². The van der Waals surface area contributed by atoms with E-state index in [4.69, 9.17) is 0 Å². The van der Waals surface area contributed by atoms with Crippen molar-refractivity contribution < 1.29 is 31.1 Å². The van der Waals surface area contributed by atoms with E-state index in [1.54, 1.807) is 0 Å². The van der Waals surface area contributed by atoms with E-state index >= 15 is 0 Å². The highest BCUT2D eigenvalue weighted by molar-refractivity contribution is 5.36. The zero-order valence-electron chi connectivity index (χ0n) is 8.62. The molecule has 0 saturated carbocycles. The number of ether oxygens (including phenoxy) is 1. The van der Waals surface area contributed by atoms with Crippen LogP contribution < -0.4 is 4.74 Å². The Morgan fingerprint density at radius 3 is 2.00 bits per heavy atom. The van der Waals surface area contributed by atoms with Crippen molar-refractivity contribution in [2.45, 2.75) is 18.8 Å². The van der Waals surface area contributed by atoms with Gasteiger partial charge < -0.3 is 4.74 Å². The molecule has 0 aliphatic heterocycles. The van der Waals surface area contributed by atoms with Crippen molar-refractivity contribution in [3.05, 3.63) is 29.3 Å². The van der Waals surface area contributed by atoms with Gasteiger partial charge >= 0.3 is 12.4 Å². The van der Waals surface area contributed by atoms with E-state index in [1.807, 2.05) is 0 Å². The number of methoxy groups -OCH3 is 1. The number of alkyl halides is 6. The second-order valence-electron chi connectivity index (χ2n) is 3.36. The van der Waals surface area contributed by atoms with Crippen LogP contribution in [0.3, 0.4) is 0 Å². The van der Waals surface area contributed by atoms with Crippen molar-refractivity contribution in [2.75, 3.05) is 7.11 Å². The summed E-state index contributed by atoms with van der Waals surface area (Å²) in [5.74, 6) is -0.251. The quantitative estimate of drug-likeness (QED) is 0.733. The van der Waals surface area contributed by atoms with Crippen molar-refractivity contribution in [1.29, 1.82) is 0 Å². The molecule has 1 aromatic rings. The molecule has 0 spiro atoms. The molecule has 0 aliphatic rings. The summed E-state index contributed by atoms with van der Waals surface area (Å²) in [6.07, 6.45) is -10.7. The average molecular weight is 258 g/mol. The molecule has 0 aromatic heterocycles. The minimum atomic E-state index is -4.70. The zero-order chi connectivity index (χ0) is 13.3. The van der Waals surface area contributed by atoms with E-state index in [-0.39, 0.29) is 5.75 Å². The molecule has 1 nitrogen and oxygen atoms in total. The fraction of sp³-hybridized carbons (Fsp3) is 0.400. The van der Waals surface area contributed by atoms with Crippen molar-refractivity contribution in [3.63, 3.8) is 0 Å². The number of halogens is 6. The third kappa shape index (κ3) is 4.16. The van der Waals surface area contributed by atoms with Gasteiger partial charge in [0.15, 0.2) is 0 Å². The fourth-order valence-corrected chi connectivity index (χ4v) is 1.28. The summed E-state index contributed by atoms with van der Waals surface area (Å²) < 4.78 is 77.9. The van der Waals surface area contributed by atoms with Gasteiger partial charge in [-0.05, 0) is 23.8 Å². The Labute approximate surface area is 93.0 Å². The lowest BCUT2D eigenvalue weighted by molar-refractivity contribution is -0.138. The summed E-state index contributed by atoms with van der Waals surface area (Å²) in [7, 11) is 1.09. The molecule has 0 radical (unpaired) electrons. The molecule has 17 heavy (non-hydrogen) atoms. The molecule has 96 valence electrons. The lowest BCUT2D eigenvalue weighted by atomic mass is 10.1. The molecule has 0 N–H and O–H groups in total. The molecule has 0 amide bonds. The van der Waals surface area contributed by atoms with Gasteiger partial charge in [-0.1, -0.05) is 0 Å². The Kier molecular flexibility index (Phi) is 3.59. The maximum atomic E-state index is 12.4. The van der Waals surface area contributed by atoms with Crippen LogP contribution in [-0.2, 0) is 12.6 Å². The lowest BCUT2D eigenvalue weighted by Crippen LogP contribution is -2.13. The van der Waals surface area contributed by atoms with Crippen LogP contribution in [0.4, 0.5) is 26.3 Å². The first-order valence-electron chi connectivity index (χ1n) is 4.44. The fourth-order valence-electron chi connectivity index (χ4n) is 1.28. The van der Waals surface area contributed by atoms with Crippen LogP contribution in [0.2, 0.25) is 0 Å². The van der Waals surface area contributed by atoms with E-state index in [0.717, 1.165) is 13.2 Å². The molecule has 0 bridgehead atoms. The molecule has 0 heterocycles. The van der Waals surface area contributed by atoms with Gasteiger partial charge in [-0.15, -0.1) is 0 Å². The van der Waals surface area contributed by atoms with Crippen molar-refractivity contribution >= 4 is 0 Å². The third-order valence-corrected chi connectivity index (χ3v) is 1.93. The minimum absolute atomic E-state index is 0.251. The first-order chi connectivity index (χ1) is 7.62. The van der Waals surface area contributed by atoms with Crippen LogP contribution in [0.1, 0.15) is 11.1 Å². The molecule has 1 aromatic carbocycles. The Hall–Kier alpha value is -1.40. The van der Waals surface area contributed by atoms with E-state index in [1.165, 1.54) is 0 Å². The Bertz CT molecular complexity index is 393.